The Balaban J connectivity index is 1.65. The van der Waals surface area contributed by atoms with Gasteiger partial charge in [0.05, 0.1) is 11.3 Å². The molecule has 9 heteroatoms. The van der Waals surface area contributed by atoms with Crippen LogP contribution in [0.15, 0.2) is 23.8 Å². The quantitative estimate of drug-likeness (QED) is 0.573. The zero-order valence-electron chi connectivity index (χ0n) is 19.5. The third-order valence-electron chi connectivity index (χ3n) is 5.81. The molecule has 0 radical (unpaired) electrons. The van der Waals surface area contributed by atoms with E-state index in [1.165, 1.54) is 16.7 Å². The fraction of sp³-hybridized carbons (Fsp3) is 0.522. The number of allylic oxidation sites excluding steroid dienone is 1. The van der Waals surface area contributed by atoms with Gasteiger partial charge < -0.3 is 9.80 Å². The van der Waals surface area contributed by atoms with E-state index in [2.05, 4.69) is 24.9 Å². The van der Waals surface area contributed by atoms with Crippen LogP contribution in [-0.2, 0) is 4.79 Å². The van der Waals surface area contributed by atoms with Gasteiger partial charge in [-0.15, -0.1) is 0 Å². The average Bonchev–Trinajstić information content (AvgIpc) is 3.14. The van der Waals surface area contributed by atoms with Crippen LogP contribution in [0.2, 0.25) is 0 Å². The third kappa shape index (κ3) is 4.81. The maximum absolute atomic E-state index is 13.1. The molecule has 9 nitrogen and oxygen atoms in total. The molecule has 3 heterocycles. The number of urea groups is 1. The molecule has 2 aliphatic heterocycles. The van der Waals surface area contributed by atoms with Crippen molar-refractivity contribution >= 4 is 29.5 Å². The first-order chi connectivity index (χ1) is 15.1. The minimum atomic E-state index is -0.385. The highest BCUT2D eigenvalue weighted by molar-refractivity contribution is 6.04. The van der Waals surface area contributed by atoms with Crippen molar-refractivity contribution in [2.75, 3.05) is 44.2 Å². The Morgan fingerprint density at radius 1 is 1.03 bits per heavy atom. The molecule has 4 amide bonds. The smallest absolute Gasteiger partial charge is 0.332 e. The maximum atomic E-state index is 13.1. The van der Waals surface area contributed by atoms with Gasteiger partial charge >= 0.3 is 6.03 Å². The van der Waals surface area contributed by atoms with E-state index >= 15 is 0 Å². The van der Waals surface area contributed by atoms with Crippen LogP contribution in [0.25, 0.3) is 0 Å². The number of anilines is 1. The lowest BCUT2D eigenvalue weighted by Crippen LogP contribution is -2.50. The summed E-state index contributed by atoms with van der Waals surface area (Å²) in [6.07, 6.45) is 2.08. The van der Waals surface area contributed by atoms with Crippen LogP contribution in [0.5, 0.6) is 0 Å². The first-order valence-corrected chi connectivity index (χ1v) is 11.0. The molecule has 0 aromatic carbocycles. The standard InChI is InChI=1S/C23H32N6O3/c1-15(2)14-16(3)21(24)26-8-10-27(11-9-26)22(31)19-6-7-20(25-17(19)4)29-13-12-28(18(5)30)23(29)32/h6-7,14-15,24H,8-13H2,1-5H3/b16-14-,24-21?. The Hall–Kier alpha value is -3.23. The van der Waals surface area contributed by atoms with E-state index in [4.69, 9.17) is 5.41 Å². The Morgan fingerprint density at radius 2 is 1.66 bits per heavy atom. The van der Waals surface area contributed by atoms with Crippen LogP contribution in [-0.4, -0.2) is 82.6 Å². The van der Waals surface area contributed by atoms with Crippen molar-refractivity contribution in [3.05, 3.63) is 35.0 Å². The minimum absolute atomic E-state index is 0.0970. The number of hydrogen-bond donors (Lipinski definition) is 1. The molecule has 0 spiro atoms. The summed E-state index contributed by atoms with van der Waals surface area (Å²) in [5, 5.41) is 8.40. The summed E-state index contributed by atoms with van der Waals surface area (Å²) in [5.74, 6) is 0.961. The fourth-order valence-electron chi connectivity index (χ4n) is 4.10. The number of rotatable bonds is 4. The summed E-state index contributed by atoms with van der Waals surface area (Å²) < 4.78 is 0. The monoisotopic (exact) mass is 440 g/mol. The molecule has 1 aromatic heterocycles. The topological polar surface area (TPSA) is 101 Å². The number of hydrogen-bond acceptors (Lipinski definition) is 5. The number of nitrogens with one attached hydrogen (secondary N) is 1. The number of imide groups is 1. The van der Waals surface area contributed by atoms with Gasteiger partial charge in [-0.25, -0.2) is 9.78 Å². The van der Waals surface area contributed by atoms with E-state index in [9.17, 15) is 14.4 Å². The number of pyridine rings is 1. The molecule has 32 heavy (non-hydrogen) atoms. The van der Waals surface area contributed by atoms with Crippen molar-refractivity contribution < 1.29 is 14.4 Å². The van der Waals surface area contributed by atoms with Crippen LogP contribution >= 0.6 is 0 Å². The lowest BCUT2D eigenvalue weighted by Gasteiger charge is -2.36. The van der Waals surface area contributed by atoms with Crippen molar-refractivity contribution in [1.82, 2.24) is 19.7 Å². The summed E-state index contributed by atoms with van der Waals surface area (Å²) in [7, 11) is 0. The molecular formula is C23H32N6O3. The second-order valence-corrected chi connectivity index (χ2v) is 8.63. The van der Waals surface area contributed by atoms with Crippen LogP contribution in [0.3, 0.4) is 0 Å². The summed E-state index contributed by atoms with van der Waals surface area (Å²) in [4.78, 5) is 48.0. The third-order valence-corrected chi connectivity index (χ3v) is 5.81. The van der Waals surface area contributed by atoms with Crippen LogP contribution < -0.4 is 4.90 Å². The molecule has 3 rings (SSSR count). The Morgan fingerprint density at radius 3 is 2.19 bits per heavy atom. The van der Waals surface area contributed by atoms with E-state index < -0.39 is 0 Å². The first kappa shape index (κ1) is 23.4. The van der Waals surface area contributed by atoms with Crippen molar-refractivity contribution in [3.63, 3.8) is 0 Å². The summed E-state index contributed by atoms with van der Waals surface area (Å²) in [6, 6.07) is 2.98. The number of aromatic nitrogens is 1. The number of amidine groups is 1. The number of carbonyl (C=O) groups excluding carboxylic acids is 3. The van der Waals surface area contributed by atoms with E-state index in [0.717, 1.165) is 5.57 Å². The molecule has 0 atom stereocenters. The average molecular weight is 441 g/mol. The van der Waals surface area contributed by atoms with Crippen LogP contribution in [0, 0.1) is 18.3 Å². The van der Waals surface area contributed by atoms with Crippen molar-refractivity contribution in [2.45, 2.75) is 34.6 Å². The number of aryl methyl sites for hydroxylation is 1. The SMILES string of the molecule is CC(=O)N1CCN(c2ccc(C(=O)N3CCN(C(=N)/C(C)=C\C(C)C)CC3)c(C)n2)C1=O. The van der Waals surface area contributed by atoms with E-state index in [1.54, 1.807) is 24.0 Å². The molecule has 1 aromatic rings. The molecule has 0 aliphatic carbocycles. The lowest BCUT2D eigenvalue weighted by molar-refractivity contribution is -0.125. The number of amides is 4. The Bertz CT molecular complexity index is 962. The number of piperazine rings is 1. The normalized spacial score (nSPS) is 17.4. The molecular weight excluding hydrogens is 408 g/mol. The maximum Gasteiger partial charge on any atom is 0.332 e. The van der Waals surface area contributed by atoms with E-state index in [1.807, 2.05) is 11.8 Å². The van der Waals surface area contributed by atoms with E-state index in [0.29, 0.717) is 68.1 Å². The van der Waals surface area contributed by atoms with Crippen molar-refractivity contribution in [2.24, 2.45) is 5.92 Å². The highest BCUT2D eigenvalue weighted by Gasteiger charge is 2.33. The van der Waals surface area contributed by atoms with Gasteiger partial charge in [0, 0.05) is 46.2 Å². The second-order valence-electron chi connectivity index (χ2n) is 8.63. The van der Waals surface area contributed by atoms with Gasteiger partial charge in [-0.3, -0.25) is 24.8 Å². The van der Waals surface area contributed by atoms with Crippen molar-refractivity contribution in [1.29, 1.82) is 5.41 Å². The molecule has 2 saturated heterocycles. The van der Waals surface area contributed by atoms with Gasteiger partial charge in [0.15, 0.2) is 0 Å². The van der Waals surface area contributed by atoms with Gasteiger partial charge in [0.2, 0.25) is 5.91 Å². The van der Waals surface area contributed by atoms with Crippen LogP contribution in [0.1, 0.15) is 43.7 Å². The Kier molecular flexibility index (Phi) is 6.96. The number of nitrogens with zero attached hydrogens (tertiary/aromatic N) is 5. The fourth-order valence-corrected chi connectivity index (χ4v) is 4.10. The predicted molar refractivity (Wildman–Crippen MR) is 123 cm³/mol. The molecule has 172 valence electrons. The number of carbonyl (C=O) groups is 3. The molecule has 0 unspecified atom stereocenters. The minimum Gasteiger partial charge on any atom is -0.353 e. The molecule has 2 aliphatic rings. The largest absolute Gasteiger partial charge is 0.353 e. The zero-order chi connectivity index (χ0) is 23.6. The molecule has 0 bridgehead atoms. The first-order valence-electron chi connectivity index (χ1n) is 11.0. The highest BCUT2D eigenvalue weighted by Crippen LogP contribution is 2.21. The zero-order valence-corrected chi connectivity index (χ0v) is 19.5. The summed E-state index contributed by atoms with van der Waals surface area (Å²) in [6.45, 7) is 12.3. The van der Waals surface area contributed by atoms with Gasteiger partial charge in [-0.2, -0.15) is 0 Å². The highest BCUT2D eigenvalue weighted by atomic mass is 16.2. The van der Waals surface area contributed by atoms with Crippen LogP contribution in [0.4, 0.5) is 10.6 Å². The molecule has 2 fully saturated rings. The van der Waals surface area contributed by atoms with Gasteiger partial charge in [-0.05, 0) is 37.5 Å². The van der Waals surface area contributed by atoms with Gasteiger partial charge in [0.25, 0.3) is 5.91 Å². The van der Waals surface area contributed by atoms with Gasteiger partial charge in [-0.1, -0.05) is 19.9 Å². The Labute approximate surface area is 189 Å². The molecule has 0 saturated carbocycles. The van der Waals surface area contributed by atoms with Gasteiger partial charge in [0.1, 0.15) is 11.7 Å². The van der Waals surface area contributed by atoms with Crippen molar-refractivity contribution in [3.8, 4) is 0 Å². The summed E-state index contributed by atoms with van der Waals surface area (Å²) in [5.41, 5.74) is 2.01. The summed E-state index contributed by atoms with van der Waals surface area (Å²) >= 11 is 0. The lowest BCUT2D eigenvalue weighted by atomic mass is 10.1. The molecule has 1 N–H and O–H groups in total. The second kappa shape index (κ2) is 9.50. The van der Waals surface area contributed by atoms with E-state index in [-0.39, 0.29) is 17.8 Å². The predicted octanol–water partition coefficient (Wildman–Crippen LogP) is 2.52.